The molecule has 0 spiro atoms. The summed E-state index contributed by atoms with van der Waals surface area (Å²) in [6.07, 6.45) is 0. The molecule has 0 saturated carbocycles. The van der Waals surface area contributed by atoms with Crippen LogP contribution in [0.5, 0.6) is 0 Å². The van der Waals surface area contributed by atoms with Gasteiger partial charge in [-0.3, -0.25) is 14.4 Å². The van der Waals surface area contributed by atoms with Crippen LogP contribution < -0.4 is 10.7 Å². The monoisotopic (exact) mass is 501 g/mol. The zero-order valence-electron chi connectivity index (χ0n) is 17.3. The van der Waals surface area contributed by atoms with Gasteiger partial charge in [0.2, 0.25) is 5.78 Å². The third kappa shape index (κ3) is 3.76. The molecular formula is C26H16BrNO5. The maximum absolute atomic E-state index is 13.2. The molecule has 0 radical (unpaired) electrons. The van der Waals surface area contributed by atoms with Crippen molar-refractivity contribution in [1.82, 2.24) is 0 Å². The van der Waals surface area contributed by atoms with E-state index in [2.05, 4.69) is 21.2 Å². The smallest absolute Gasteiger partial charge is 0.291 e. The minimum absolute atomic E-state index is 0.00816. The number of halogens is 1. The molecule has 0 atom stereocenters. The van der Waals surface area contributed by atoms with Crippen LogP contribution in [0.4, 0.5) is 5.69 Å². The molecule has 0 saturated heterocycles. The Balaban J connectivity index is 1.60. The van der Waals surface area contributed by atoms with Gasteiger partial charge in [0.15, 0.2) is 16.9 Å². The standard InChI is InChI=1S/C26H16BrNO5/c1-14-5-4-7-17-19(29)13-21(33-24(14)17)26(31)28-22-18-6-2-3-8-20(18)32-25(22)23(30)15-9-11-16(27)12-10-15/h2-13H,1H3,(H,28,31). The number of rotatable bonds is 4. The molecule has 33 heavy (non-hydrogen) atoms. The zero-order valence-corrected chi connectivity index (χ0v) is 18.9. The molecule has 1 N–H and O–H groups in total. The number of benzene rings is 3. The van der Waals surface area contributed by atoms with Crippen LogP contribution in [-0.2, 0) is 0 Å². The topological polar surface area (TPSA) is 89.5 Å². The van der Waals surface area contributed by atoms with E-state index < -0.39 is 5.91 Å². The number of hydrogen-bond acceptors (Lipinski definition) is 5. The van der Waals surface area contributed by atoms with E-state index >= 15 is 0 Å². The Kier molecular flexibility index (Phi) is 5.18. The molecule has 1 amide bonds. The highest BCUT2D eigenvalue weighted by molar-refractivity contribution is 9.10. The minimum Gasteiger partial charge on any atom is -0.450 e. The minimum atomic E-state index is -0.659. The van der Waals surface area contributed by atoms with Gasteiger partial charge in [0.05, 0.1) is 11.1 Å². The van der Waals surface area contributed by atoms with Crippen molar-refractivity contribution in [1.29, 1.82) is 0 Å². The van der Waals surface area contributed by atoms with Crippen LogP contribution in [0.1, 0.15) is 32.2 Å². The molecule has 5 aromatic rings. The Morgan fingerprint density at radius 2 is 1.61 bits per heavy atom. The van der Waals surface area contributed by atoms with E-state index in [0.717, 1.165) is 16.1 Å². The number of carbonyl (C=O) groups is 2. The van der Waals surface area contributed by atoms with Crippen molar-refractivity contribution < 1.29 is 18.4 Å². The summed E-state index contributed by atoms with van der Waals surface area (Å²) in [5.41, 5.74) is 1.83. The van der Waals surface area contributed by atoms with Crippen LogP contribution in [0.25, 0.3) is 21.9 Å². The van der Waals surface area contributed by atoms with E-state index in [0.29, 0.717) is 27.5 Å². The van der Waals surface area contributed by atoms with Gasteiger partial charge in [-0.15, -0.1) is 0 Å². The Hall–Kier alpha value is -3.97. The first-order chi connectivity index (χ1) is 15.9. The number of fused-ring (bicyclic) bond motifs is 2. The number of amides is 1. The van der Waals surface area contributed by atoms with Crippen LogP contribution in [-0.4, -0.2) is 11.7 Å². The summed E-state index contributed by atoms with van der Waals surface area (Å²) in [6, 6.07) is 20.2. The Bertz CT molecular complexity index is 1610. The zero-order chi connectivity index (χ0) is 23.1. The van der Waals surface area contributed by atoms with E-state index in [4.69, 9.17) is 8.83 Å². The molecule has 7 heteroatoms. The first-order valence-electron chi connectivity index (χ1n) is 10.1. The lowest BCUT2D eigenvalue weighted by Crippen LogP contribution is -2.16. The Morgan fingerprint density at radius 3 is 2.39 bits per heavy atom. The van der Waals surface area contributed by atoms with Crippen molar-refractivity contribution in [2.45, 2.75) is 6.92 Å². The lowest BCUT2D eigenvalue weighted by atomic mass is 10.1. The molecule has 0 aliphatic carbocycles. The molecule has 3 aromatic carbocycles. The number of para-hydroxylation sites is 2. The molecule has 162 valence electrons. The quantitative estimate of drug-likeness (QED) is 0.300. The summed E-state index contributed by atoms with van der Waals surface area (Å²) in [4.78, 5) is 38.9. The first-order valence-corrected chi connectivity index (χ1v) is 10.9. The molecule has 6 nitrogen and oxygen atoms in total. The maximum atomic E-state index is 13.2. The van der Waals surface area contributed by atoms with E-state index in [-0.39, 0.29) is 28.4 Å². The van der Waals surface area contributed by atoms with Gasteiger partial charge in [-0.05, 0) is 55.0 Å². The van der Waals surface area contributed by atoms with Gasteiger partial charge in [-0.25, -0.2) is 0 Å². The number of anilines is 1. The van der Waals surface area contributed by atoms with Gasteiger partial charge in [0.25, 0.3) is 5.91 Å². The number of aryl methyl sites for hydroxylation is 1. The second kappa shape index (κ2) is 8.18. The van der Waals surface area contributed by atoms with Gasteiger partial charge in [-0.2, -0.15) is 0 Å². The van der Waals surface area contributed by atoms with E-state index in [1.807, 2.05) is 0 Å². The van der Waals surface area contributed by atoms with Crippen molar-refractivity contribution in [2.24, 2.45) is 0 Å². The molecule has 0 aliphatic rings. The van der Waals surface area contributed by atoms with Gasteiger partial charge in [0.1, 0.15) is 11.2 Å². The molecule has 2 aromatic heterocycles. The summed E-state index contributed by atoms with van der Waals surface area (Å²) < 4.78 is 12.4. The van der Waals surface area contributed by atoms with Gasteiger partial charge < -0.3 is 14.2 Å². The highest BCUT2D eigenvalue weighted by Gasteiger charge is 2.25. The summed E-state index contributed by atoms with van der Waals surface area (Å²) in [5.74, 6) is -1.21. The SMILES string of the molecule is Cc1cccc2c(=O)cc(C(=O)Nc3c(C(=O)c4ccc(Br)cc4)oc4ccccc34)oc12. The maximum Gasteiger partial charge on any atom is 0.291 e. The van der Waals surface area contributed by atoms with Crippen molar-refractivity contribution in [2.75, 3.05) is 5.32 Å². The summed E-state index contributed by atoms with van der Waals surface area (Å²) >= 11 is 3.35. The fourth-order valence-electron chi connectivity index (χ4n) is 3.67. The second-order valence-electron chi connectivity index (χ2n) is 7.52. The van der Waals surface area contributed by atoms with E-state index in [1.54, 1.807) is 73.7 Å². The highest BCUT2D eigenvalue weighted by Crippen LogP contribution is 2.33. The first kappa shape index (κ1) is 20.9. The van der Waals surface area contributed by atoms with Crippen LogP contribution >= 0.6 is 15.9 Å². The average Bonchev–Trinajstić information content (AvgIpc) is 3.18. The summed E-state index contributed by atoms with van der Waals surface area (Å²) in [7, 11) is 0. The van der Waals surface area contributed by atoms with Crippen molar-refractivity contribution in [3.8, 4) is 0 Å². The van der Waals surface area contributed by atoms with Crippen molar-refractivity contribution >= 4 is 55.2 Å². The van der Waals surface area contributed by atoms with Crippen LogP contribution in [0.2, 0.25) is 0 Å². The summed E-state index contributed by atoms with van der Waals surface area (Å²) in [5, 5.41) is 3.68. The lowest BCUT2D eigenvalue weighted by molar-refractivity contribution is 0.0997. The normalized spacial score (nSPS) is 11.1. The molecule has 5 rings (SSSR count). The predicted molar refractivity (Wildman–Crippen MR) is 129 cm³/mol. The fourth-order valence-corrected chi connectivity index (χ4v) is 3.93. The molecule has 0 fully saturated rings. The average molecular weight is 502 g/mol. The van der Waals surface area contributed by atoms with Crippen LogP contribution in [0.3, 0.4) is 0 Å². The molecule has 2 heterocycles. The van der Waals surface area contributed by atoms with Crippen molar-refractivity contribution in [3.63, 3.8) is 0 Å². The third-order valence-corrected chi connectivity index (χ3v) is 5.85. The lowest BCUT2D eigenvalue weighted by Gasteiger charge is -2.07. The van der Waals surface area contributed by atoms with E-state index in [9.17, 15) is 14.4 Å². The molecule has 0 bridgehead atoms. The highest BCUT2D eigenvalue weighted by atomic mass is 79.9. The second-order valence-corrected chi connectivity index (χ2v) is 8.43. The fraction of sp³-hybridized carbons (Fsp3) is 0.0385. The summed E-state index contributed by atoms with van der Waals surface area (Å²) in [6.45, 7) is 1.80. The van der Waals surface area contributed by atoms with E-state index in [1.165, 1.54) is 0 Å². The van der Waals surface area contributed by atoms with Gasteiger partial charge >= 0.3 is 0 Å². The van der Waals surface area contributed by atoms with Gasteiger partial charge in [-0.1, -0.05) is 40.2 Å². The third-order valence-electron chi connectivity index (χ3n) is 5.32. The van der Waals surface area contributed by atoms with Crippen LogP contribution in [0.15, 0.2) is 90.9 Å². The Labute approximate surface area is 196 Å². The number of nitrogens with one attached hydrogen (secondary N) is 1. The van der Waals surface area contributed by atoms with Crippen molar-refractivity contribution in [3.05, 3.63) is 110 Å². The number of furan rings is 1. The molecular weight excluding hydrogens is 486 g/mol. The molecule has 0 aliphatic heterocycles. The van der Waals surface area contributed by atoms with Crippen LogP contribution in [0, 0.1) is 6.92 Å². The number of ketones is 1. The van der Waals surface area contributed by atoms with Gasteiger partial charge in [0, 0.05) is 21.5 Å². The predicted octanol–water partition coefficient (Wildman–Crippen LogP) is 6.09. The Morgan fingerprint density at radius 1 is 0.879 bits per heavy atom. The number of carbonyl (C=O) groups excluding carboxylic acids is 2. The number of hydrogen-bond donors (Lipinski definition) is 1. The molecule has 0 unspecified atom stereocenters. The largest absolute Gasteiger partial charge is 0.450 e.